The van der Waals surface area contributed by atoms with Crippen molar-refractivity contribution in [3.63, 3.8) is 0 Å². The molecule has 5 aromatic carbocycles. The number of esters is 12. The number of hydrogen-bond acceptors (Lipinski definition) is 28. The Balaban J connectivity index is 1.72. The lowest BCUT2D eigenvalue weighted by molar-refractivity contribution is -0.135. The fourth-order valence-electron chi connectivity index (χ4n) is 6.65. The Hall–Kier alpha value is -11.1. The molecule has 430 valence electrons. The largest absolute Gasteiger partial charge is 0.449 e. The van der Waals surface area contributed by atoms with Gasteiger partial charge in [0.2, 0.25) is 28.7 Å². The van der Waals surface area contributed by atoms with Crippen LogP contribution in [0.15, 0.2) is 60.7 Å². The van der Waals surface area contributed by atoms with E-state index < -0.39 is 169 Å². The van der Waals surface area contributed by atoms with Crippen LogP contribution in [0.4, 0.5) is 0 Å². The minimum absolute atomic E-state index is 0.254. The van der Waals surface area contributed by atoms with Gasteiger partial charge in [-0.3, -0.25) is 57.5 Å². The van der Waals surface area contributed by atoms with Crippen molar-refractivity contribution in [2.45, 2.75) is 83.1 Å². The molecule has 0 aliphatic carbocycles. The molecule has 5 aromatic rings. The zero-order valence-corrected chi connectivity index (χ0v) is 45.2. The molecule has 0 saturated carbocycles. The van der Waals surface area contributed by atoms with Crippen LogP contribution in [0.25, 0.3) is 0 Å². The molecule has 0 bridgehead atoms. The van der Waals surface area contributed by atoms with Crippen LogP contribution in [0, 0.1) is 0 Å². The quantitative estimate of drug-likeness (QED) is 0.0526. The van der Waals surface area contributed by atoms with Gasteiger partial charge in [0.05, 0.1) is 0 Å². The predicted molar refractivity (Wildman–Crippen MR) is 268 cm³/mol. The highest BCUT2D eigenvalue weighted by atomic mass is 16.6. The third kappa shape index (κ3) is 18.0. The van der Waals surface area contributed by atoms with Crippen molar-refractivity contribution >= 4 is 71.6 Å². The Morgan fingerprint density at radius 2 is 0.317 bits per heavy atom. The van der Waals surface area contributed by atoms with Crippen LogP contribution in [0.2, 0.25) is 0 Å². The molecule has 0 amide bonds. The highest BCUT2D eigenvalue weighted by Crippen LogP contribution is 2.53. The molecule has 0 unspecified atom stereocenters. The molecule has 0 atom stereocenters. The first-order valence-corrected chi connectivity index (χ1v) is 23.3. The molecule has 0 spiro atoms. The lowest BCUT2D eigenvalue weighted by Crippen LogP contribution is -2.11. The maximum atomic E-state index is 12.8. The monoisotopic (exact) mass is 1140 g/mol. The van der Waals surface area contributed by atoms with Gasteiger partial charge in [-0.2, -0.15) is 0 Å². The van der Waals surface area contributed by atoms with Crippen molar-refractivity contribution in [3.05, 3.63) is 60.7 Å². The van der Waals surface area contributed by atoms with Crippen LogP contribution < -0.4 is 75.8 Å². The Morgan fingerprint density at radius 3 is 0.463 bits per heavy atom. The van der Waals surface area contributed by atoms with Crippen molar-refractivity contribution < 1.29 is 133 Å². The van der Waals surface area contributed by atoms with Crippen LogP contribution in [-0.2, 0) is 57.5 Å². The van der Waals surface area contributed by atoms with E-state index in [9.17, 15) is 57.5 Å². The summed E-state index contributed by atoms with van der Waals surface area (Å²) < 4.78 is 88.3. The van der Waals surface area contributed by atoms with E-state index in [1.807, 2.05) is 0 Å². The minimum atomic E-state index is -1.02. The smallest absolute Gasteiger partial charge is 0.308 e. The first kappa shape index (κ1) is 61.8. The number of hydrogen-bond donors (Lipinski definition) is 0. The van der Waals surface area contributed by atoms with Crippen molar-refractivity contribution in [1.82, 2.24) is 0 Å². The molecular weight excluding hydrogens is 1100 g/mol. The summed E-state index contributed by atoms with van der Waals surface area (Å²) in [5.74, 6) is -21.6. The maximum absolute atomic E-state index is 12.8. The predicted octanol–water partition coefficient (Wildman–Crippen LogP) is 7.96. The maximum Gasteiger partial charge on any atom is 0.308 e. The third-order valence-electron chi connectivity index (χ3n) is 8.90. The summed E-state index contributed by atoms with van der Waals surface area (Å²) in [6.07, 6.45) is 0. The Labute approximate surface area is 462 Å². The zero-order valence-electron chi connectivity index (χ0n) is 45.2. The molecular formula is C54H46O28. The molecule has 0 fully saturated rings. The van der Waals surface area contributed by atoms with Crippen LogP contribution >= 0.6 is 0 Å². The van der Waals surface area contributed by atoms with Gasteiger partial charge in [0, 0.05) is 144 Å². The molecule has 0 aromatic heterocycles. The SMILES string of the molecule is CC(=O)Oc1cc(OC(C)=O)c(Oc2cc(OC(C)=O)c(Oc3cc(OC(C)=O)c(Oc4cc(OC(C)=O)c(Oc5cc(OC(C)=O)c(OC(C)=O)c(OC(C)=O)c5)c(OC(C)=O)c4)c(OC(C)=O)c3)c(OC(C)=O)c2)c(OC(C)=O)c1. The number of rotatable bonds is 20. The van der Waals surface area contributed by atoms with Gasteiger partial charge in [-0.05, 0) is 0 Å². The molecule has 0 saturated heterocycles. The van der Waals surface area contributed by atoms with Gasteiger partial charge >= 0.3 is 71.6 Å². The van der Waals surface area contributed by atoms with E-state index in [4.69, 9.17) is 75.8 Å². The fourth-order valence-corrected chi connectivity index (χ4v) is 6.65. The van der Waals surface area contributed by atoms with Gasteiger partial charge < -0.3 is 75.8 Å². The Bertz CT molecular complexity index is 3290. The topological polar surface area (TPSA) is 353 Å². The van der Waals surface area contributed by atoms with Gasteiger partial charge in [-0.15, -0.1) is 0 Å². The third-order valence-corrected chi connectivity index (χ3v) is 8.90. The molecule has 5 rings (SSSR count). The fraction of sp³-hybridized carbons (Fsp3) is 0.222. The molecule has 0 aliphatic heterocycles. The molecule has 0 heterocycles. The Kier molecular flexibility index (Phi) is 20.4. The van der Waals surface area contributed by atoms with Crippen molar-refractivity contribution in [1.29, 1.82) is 0 Å². The van der Waals surface area contributed by atoms with Crippen molar-refractivity contribution in [2.75, 3.05) is 0 Å². The van der Waals surface area contributed by atoms with E-state index in [1.54, 1.807) is 0 Å². The molecule has 82 heavy (non-hydrogen) atoms. The lowest BCUT2D eigenvalue weighted by Gasteiger charge is -2.21. The first-order valence-electron chi connectivity index (χ1n) is 23.3. The summed E-state index contributed by atoms with van der Waals surface area (Å²) >= 11 is 0. The van der Waals surface area contributed by atoms with Gasteiger partial charge in [-0.25, -0.2) is 0 Å². The summed E-state index contributed by atoms with van der Waals surface area (Å²) in [6, 6.07) is 10.0. The van der Waals surface area contributed by atoms with Crippen molar-refractivity contribution in [3.8, 4) is 115 Å². The average molecular weight is 1140 g/mol. The lowest BCUT2D eigenvalue weighted by atomic mass is 10.2. The summed E-state index contributed by atoms with van der Waals surface area (Å²) in [5, 5.41) is 0. The van der Waals surface area contributed by atoms with Crippen LogP contribution in [0.3, 0.4) is 0 Å². The van der Waals surface area contributed by atoms with E-state index >= 15 is 0 Å². The van der Waals surface area contributed by atoms with Gasteiger partial charge in [0.15, 0.2) is 57.5 Å². The Morgan fingerprint density at radius 1 is 0.183 bits per heavy atom. The standard InChI is InChI=1S/C54H46O28/c1-23(55)67-35-13-42(70-26(4)58)51(43(14-35)71-27(5)59)80-37-17-46(74-30(8)62)53(47(18-37)75-31(9)63)82-39-21-48(76-32(10)64)54(49(22-39)77-33(11)65)81-38-19-44(72-28(6)60)52(45(20-38)73-29(7)61)79-36-15-40(68-24(2)56)50(78-34(12)66)41(16-36)69-25(3)57/h13-22H,1-12H3. The van der Waals surface area contributed by atoms with Crippen LogP contribution in [0.5, 0.6) is 115 Å². The van der Waals surface area contributed by atoms with Gasteiger partial charge in [0.25, 0.3) is 0 Å². The summed E-state index contributed by atoms with van der Waals surface area (Å²) in [5.41, 5.74) is 0. The second-order valence-corrected chi connectivity index (χ2v) is 16.3. The van der Waals surface area contributed by atoms with E-state index in [1.165, 1.54) is 0 Å². The molecule has 0 aliphatic rings. The van der Waals surface area contributed by atoms with Crippen molar-refractivity contribution in [2.24, 2.45) is 0 Å². The van der Waals surface area contributed by atoms with E-state index in [0.717, 1.165) is 144 Å². The normalized spacial score (nSPS) is 10.3. The van der Waals surface area contributed by atoms with E-state index in [2.05, 4.69) is 0 Å². The average Bonchev–Trinajstić information content (AvgIpc) is 3.50. The highest BCUT2D eigenvalue weighted by Gasteiger charge is 2.30. The van der Waals surface area contributed by atoms with Gasteiger partial charge in [0.1, 0.15) is 28.7 Å². The van der Waals surface area contributed by atoms with E-state index in [-0.39, 0.29) is 17.2 Å². The molecule has 0 N–H and O–H groups in total. The minimum Gasteiger partial charge on any atom is -0.449 e. The number of ether oxygens (including phenoxy) is 16. The second-order valence-electron chi connectivity index (χ2n) is 16.3. The molecule has 0 radical (unpaired) electrons. The van der Waals surface area contributed by atoms with Crippen LogP contribution in [-0.4, -0.2) is 71.6 Å². The van der Waals surface area contributed by atoms with Crippen LogP contribution in [0.1, 0.15) is 83.1 Å². The number of benzene rings is 5. The summed E-state index contributed by atoms with van der Waals surface area (Å²) in [7, 11) is 0. The highest BCUT2D eigenvalue weighted by molar-refractivity contribution is 5.82. The first-order chi connectivity index (χ1) is 38.4. The number of carbonyl (C=O) groups is 12. The number of carbonyl (C=O) groups excluding carboxylic acids is 12. The molecule has 28 heteroatoms. The van der Waals surface area contributed by atoms with Gasteiger partial charge in [-0.1, -0.05) is 0 Å². The zero-order chi connectivity index (χ0) is 60.9. The van der Waals surface area contributed by atoms with E-state index in [0.29, 0.717) is 0 Å². The molecule has 28 nitrogen and oxygen atoms in total. The summed E-state index contributed by atoms with van der Waals surface area (Å²) in [4.78, 5) is 149. The second kappa shape index (κ2) is 27.0. The summed E-state index contributed by atoms with van der Waals surface area (Å²) in [6.45, 7) is 11.9.